The van der Waals surface area contributed by atoms with E-state index in [0.717, 1.165) is 21.8 Å². The second kappa shape index (κ2) is 8.07. The SMILES string of the molecule is CSc1ccc(C2C(C#N)=C(N)Oc3cc(OS(=O)(=O)c4cccs4)ccc32)cc1. The number of thiophene rings is 1. The molecule has 1 unspecified atom stereocenters. The molecule has 0 fully saturated rings. The first kappa shape index (κ1) is 20.3. The summed E-state index contributed by atoms with van der Waals surface area (Å²) in [7, 11) is -3.93. The fourth-order valence-electron chi connectivity index (χ4n) is 3.20. The normalized spacial score (nSPS) is 15.8. The predicted molar refractivity (Wildman–Crippen MR) is 116 cm³/mol. The molecular formula is C21H16N2O4S3. The van der Waals surface area contributed by atoms with Gasteiger partial charge in [0.05, 0.1) is 5.92 Å². The maximum atomic E-state index is 12.4. The summed E-state index contributed by atoms with van der Waals surface area (Å²) in [6.07, 6.45) is 1.99. The predicted octanol–water partition coefficient (Wildman–Crippen LogP) is 4.46. The zero-order valence-electron chi connectivity index (χ0n) is 15.7. The van der Waals surface area contributed by atoms with Crippen LogP contribution in [-0.2, 0) is 10.1 Å². The minimum absolute atomic E-state index is 0.0118. The highest BCUT2D eigenvalue weighted by Crippen LogP contribution is 2.44. The molecular weight excluding hydrogens is 440 g/mol. The Labute approximate surface area is 182 Å². The number of fused-ring (bicyclic) bond motifs is 1. The molecule has 1 aliphatic rings. The summed E-state index contributed by atoms with van der Waals surface area (Å²) in [4.78, 5) is 1.10. The molecule has 6 nitrogen and oxygen atoms in total. The first-order chi connectivity index (χ1) is 14.4. The molecule has 3 aromatic rings. The number of nitrogens with zero attached hydrogens (tertiary/aromatic N) is 1. The minimum atomic E-state index is -3.93. The van der Waals surface area contributed by atoms with Crippen LogP contribution in [0.5, 0.6) is 11.5 Å². The fourth-order valence-corrected chi connectivity index (χ4v) is 5.48. The maximum Gasteiger partial charge on any atom is 0.348 e. The van der Waals surface area contributed by atoms with Crippen LogP contribution in [0.4, 0.5) is 0 Å². The lowest BCUT2D eigenvalue weighted by Crippen LogP contribution is -2.21. The van der Waals surface area contributed by atoms with E-state index < -0.39 is 16.0 Å². The van der Waals surface area contributed by atoms with Crippen LogP contribution >= 0.6 is 23.1 Å². The molecule has 1 atom stereocenters. The van der Waals surface area contributed by atoms with Crippen molar-refractivity contribution >= 4 is 33.2 Å². The highest BCUT2D eigenvalue weighted by molar-refractivity contribution is 7.98. The summed E-state index contributed by atoms with van der Waals surface area (Å²) in [5, 5.41) is 11.3. The van der Waals surface area contributed by atoms with Crippen molar-refractivity contribution in [3.63, 3.8) is 0 Å². The molecule has 2 aromatic carbocycles. The topological polar surface area (TPSA) is 102 Å². The van der Waals surface area contributed by atoms with Gasteiger partial charge < -0.3 is 14.7 Å². The van der Waals surface area contributed by atoms with Crippen molar-refractivity contribution in [1.29, 1.82) is 5.26 Å². The third-order valence-electron chi connectivity index (χ3n) is 4.59. The molecule has 30 heavy (non-hydrogen) atoms. The van der Waals surface area contributed by atoms with Gasteiger partial charge in [-0.3, -0.25) is 0 Å². The zero-order chi connectivity index (χ0) is 21.3. The van der Waals surface area contributed by atoms with E-state index in [1.165, 1.54) is 12.1 Å². The Hall–Kier alpha value is -2.93. The second-order valence-electron chi connectivity index (χ2n) is 6.37. The molecule has 0 bridgehead atoms. The lowest BCUT2D eigenvalue weighted by molar-refractivity contribution is 0.391. The van der Waals surface area contributed by atoms with Gasteiger partial charge in [-0.05, 0) is 41.5 Å². The molecule has 1 aromatic heterocycles. The molecule has 2 N–H and O–H groups in total. The number of hydrogen-bond acceptors (Lipinski definition) is 8. The van der Waals surface area contributed by atoms with Crippen LogP contribution in [0.25, 0.3) is 0 Å². The van der Waals surface area contributed by atoms with Gasteiger partial charge in [0.15, 0.2) is 4.21 Å². The van der Waals surface area contributed by atoms with E-state index in [1.807, 2.05) is 30.5 Å². The van der Waals surface area contributed by atoms with Gasteiger partial charge in [0.25, 0.3) is 0 Å². The maximum absolute atomic E-state index is 12.4. The van der Waals surface area contributed by atoms with E-state index in [4.69, 9.17) is 14.7 Å². The van der Waals surface area contributed by atoms with E-state index >= 15 is 0 Å². The standard InChI is InChI=1S/C21H16N2O4S3/c1-28-15-7-4-13(5-8-15)20-16-9-6-14(11-18(16)26-21(23)17(20)12-22)27-30(24,25)19-3-2-10-29-19/h2-11,20H,23H2,1H3. The van der Waals surface area contributed by atoms with Crippen molar-refractivity contribution in [3.05, 3.63) is 82.6 Å². The number of ether oxygens (including phenoxy) is 1. The molecule has 0 spiro atoms. The number of nitrogens with two attached hydrogens (primary N) is 1. The first-order valence-electron chi connectivity index (χ1n) is 8.76. The van der Waals surface area contributed by atoms with Crippen molar-refractivity contribution < 1.29 is 17.3 Å². The van der Waals surface area contributed by atoms with E-state index in [1.54, 1.807) is 35.3 Å². The van der Waals surface area contributed by atoms with Crippen LogP contribution in [0.3, 0.4) is 0 Å². The lowest BCUT2D eigenvalue weighted by Gasteiger charge is -2.26. The average Bonchev–Trinajstić information content (AvgIpc) is 3.28. The molecule has 1 aliphatic heterocycles. The molecule has 4 rings (SSSR count). The molecule has 0 amide bonds. The third kappa shape index (κ3) is 3.77. The molecule has 2 heterocycles. The van der Waals surface area contributed by atoms with Gasteiger partial charge in [-0.15, -0.1) is 23.1 Å². The first-order valence-corrected chi connectivity index (χ1v) is 12.3. The van der Waals surface area contributed by atoms with Crippen molar-refractivity contribution in [3.8, 4) is 17.6 Å². The highest BCUT2D eigenvalue weighted by atomic mass is 32.3. The summed E-state index contributed by atoms with van der Waals surface area (Å²) in [5.41, 5.74) is 7.91. The van der Waals surface area contributed by atoms with Crippen LogP contribution < -0.4 is 14.7 Å². The van der Waals surface area contributed by atoms with E-state index in [2.05, 4.69) is 6.07 Å². The van der Waals surface area contributed by atoms with Crippen LogP contribution in [-0.4, -0.2) is 14.7 Å². The molecule has 0 radical (unpaired) electrons. The summed E-state index contributed by atoms with van der Waals surface area (Å²) >= 11 is 2.70. The highest BCUT2D eigenvalue weighted by Gasteiger charge is 2.31. The summed E-state index contributed by atoms with van der Waals surface area (Å²) in [5.74, 6) is 0.0241. The van der Waals surface area contributed by atoms with Crippen LogP contribution in [0.2, 0.25) is 0 Å². The van der Waals surface area contributed by atoms with E-state index in [9.17, 15) is 13.7 Å². The molecule has 0 saturated heterocycles. The average molecular weight is 457 g/mol. The largest absolute Gasteiger partial charge is 0.440 e. The van der Waals surface area contributed by atoms with Gasteiger partial charge in [0.1, 0.15) is 23.1 Å². The van der Waals surface area contributed by atoms with Gasteiger partial charge >= 0.3 is 10.1 Å². The Bertz CT molecular complexity index is 1260. The number of thioether (sulfide) groups is 1. The van der Waals surface area contributed by atoms with Gasteiger partial charge in [-0.1, -0.05) is 24.3 Å². The van der Waals surface area contributed by atoms with Gasteiger partial charge in [-0.25, -0.2) is 0 Å². The van der Waals surface area contributed by atoms with Crippen LogP contribution in [0.1, 0.15) is 17.0 Å². The van der Waals surface area contributed by atoms with Crippen molar-refractivity contribution in [2.24, 2.45) is 5.73 Å². The molecule has 0 aliphatic carbocycles. The number of allylic oxidation sites excluding steroid dienone is 1. The Morgan fingerprint density at radius 3 is 2.60 bits per heavy atom. The fraction of sp³-hybridized carbons (Fsp3) is 0.0952. The number of nitriles is 1. The summed E-state index contributed by atoms with van der Waals surface area (Å²) in [6, 6.07) is 17.8. The summed E-state index contributed by atoms with van der Waals surface area (Å²) < 4.78 is 35.8. The van der Waals surface area contributed by atoms with Gasteiger partial charge in [0, 0.05) is 16.5 Å². The Morgan fingerprint density at radius 1 is 1.20 bits per heavy atom. The number of rotatable bonds is 5. The molecule has 0 saturated carbocycles. The third-order valence-corrected chi connectivity index (χ3v) is 7.93. The van der Waals surface area contributed by atoms with E-state index in [-0.39, 0.29) is 15.8 Å². The minimum Gasteiger partial charge on any atom is -0.440 e. The Balaban J connectivity index is 1.74. The van der Waals surface area contributed by atoms with Crippen molar-refractivity contribution in [1.82, 2.24) is 0 Å². The molecule has 152 valence electrons. The second-order valence-corrected chi connectivity index (χ2v) is 9.97. The Morgan fingerprint density at radius 2 is 1.97 bits per heavy atom. The number of hydrogen-bond donors (Lipinski definition) is 1. The van der Waals surface area contributed by atoms with Gasteiger partial charge in [0.2, 0.25) is 5.88 Å². The van der Waals surface area contributed by atoms with Crippen LogP contribution in [0, 0.1) is 11.3 Å². The zero-order valence-corrected chi connectivity index (χ0v) is 18.2. The Kier molecular flexibility index (Phi) is 5.47. The quantitative estimate of drug-likeness (QED) is 0.447. The van der Waals surface area contributed by atoms with Crippen molar-refractivity contribution in [2.45, 2.75) is 15.0 Å². The monoisotopic (exact) mass is 456 g/mol. The molecule has 9 heteroatoms. The van der Waals surface area contributed by atoms with Crippen molar-refractivity contribution in [2.75, 3.05) is 6.26 Å². The lowest BCUT2D eigenvalue weighted by atomic mass is 9.83. The number of benzene rings is 2. The van der Waals surface area contributed by atoms with Crippen LogP contribution in [0.15, 0.2) is 80.5 Å². The van der Waals surface area contributed by atoms with E-state index in [0.29, 0.717) is 16.9 Å². The summed E-state index contributed by atoms with van der Waals surface area (Å²) in [6.45, 7) is 0. The van der Waals surface area contributed by atoms with Gasteiger partial charge in [-0.2, -0.15) is 13.7 Å². The smallest absolute Gasteiger partial charge is 0.348 e.